The molecule has 0 fully saturated rings. The summed E-state index contributed by atoms with van der Waals surface area (Å²) >= 11 is 0. The van der Waals surface area contributed by atoms with Crippen LogP contribution in [0.5, 0.6) is 0 Å². The standard InChI is InChI=1S/C29H33NO/c1-3-22-30(25(2)28-17-11-6-12-18-28)29(20-19-26-13-7-4-8-14-26)21-23-31-24-27-15-9-5-10-16-27/h3-20,25,29H,1,21-24H2,2H3/b20-19+/t25-,29-/m1/s1. The van der Waals surface area contributed by atoms with Crippen LogP contribution >= 0.6 is 0 Å². The molecule has 2 heteroatoms. The van der Waals surface area contributed by atoms with Crippen molar-refractivity contribution in [1.82, 2.24) is 4.90 Å². The fourth-order valence-corrected chi connectivity index (χ4v) is 3.78. The highest BCUT2D eigenvalue weighted by atomic mass is 16.5. The smallest absolute Gasteiger partial charge is 0.0716 e. The average Bonchev–Trinajstić information content (AvgIpc) is 2.84. The second-order valence-corrected chi connectivity index (χ2v) is 7.74. The molecule has 160 valence electrons. The van der Waals surface area contributed by atoms with Crippen LogP contribution in [-0.2, 0) is 11.3 Å². The van der Waals surface area contributed by atoms with Gasteiger partial charge in [0, 0.05) is 25.2 Å². The van der Waals surface area contributed by atoms with E-state index in [-0.39, 0.29) is 12.1 Å². The Balaban J connectivity index is 1.73. The van der Waals surface area contributed by atoms with Crippen molar-refractivity contribution in [3.05, 3.63) is 126 Å². The molecule has 0 aliphatic carbocycles. The summed E-state index contributed by atoms with van der Waals surface area (Å²) in [6.45, 7) is 8.45. The van der Waals surface area contributed by atoms with E-state index in [0.29, 0.717) is 13.2 Å². The lowest BCUT2D eigenvalue weighted by Crippen LogP contribution is -2.37. The molecule has 0 radical (unpaired) electrons. The van der Waals surface area contributed by atoms with Crippen molar-refractivity contribution in [2.24, 2.45) is 0 Å². The molecule has 2 atom stereocenters. The van der Waals surface area contributed by atoms with Gasteiger partial charge in [0.2, 0.25) is 0 Å². The molecule has 0 spiro atoms. The van der Waals surface area contributed by atoms with Crippen LogP contribution in [0, 0.1) is 0 Å². The number of hydrogen-bond acceptors (Lipinski definition) is 2. The molecule has 0 saturated carbocycles. The number of benzene rings is 3. The first-order valence-electron chi connectivity index (χ1n) is 11.0. The van der Waals surface area contributed by atoms with Gasteiger partial charge in [-0.25, -0.2) is 0 Å². The van der Waals surface area contributed by atoms with Crippen LogP contribution in [0.15, 0.2) is 110 Å². The van der Waals surface area contributed by atoms with Gasteiger partial charge in [0.25, 0.3) is 0 Å². The van der Waals surface area contributed by atoms with Gasteiger partial charge in [0.15, 0.2) is 0 Å². The third-order valence-electron chi connectivity index (χ3n) is 5.53. The maximum Gasteiger partial charge on any atom is 0.0716 e. The zero-order chi connectivity index (χ0) is 21.7. The van der Waals surface area contributed by atoms with Crippen LogP contribution in [0.1, 0.15) is 36.1 Å². The Morgan fingerprint density at radius 1 is 0.871 bits per heavy atom. The fraction of sp³-hybridized carbons (Fsp3) is 0.241. The largest absolute Gasteiger partial charge is 0.377 e. The molecular formula is C29H33NO. The van der Waals surface area contributed by atoms with Crippen LogP contribution in [0.3, 0.4) is 0 Å². The molecule has 0 bridgehead atoms. The Kier molecular flexibility index (Phi) is 9.31. The van der Waals surface area contributed by atoms with Crippen LogP contribution in [0.2, 0.25) is 0 Å². The number of ether oxygens (including phenoxy) is 1. The average molecular weight is 412 g/mol. The minimum atomic E-state index is 0.240. The van der Waals surface area contributed by atoms with Gasteiger partial charge >= 0.3 is 0 Å². The van der Waals surface area contributed by atoms with Crippen molar-refractivity contribution in [3.8, 4) is 0 Å². The Labute approximate surface area is 187 Å². The van der Waals surface area contributed by atoms with Gasteiger partial charge in [0.05, 0.1) is 6.61 Å². The second-order valence-electron chi connectivity index (χ2n) is 7.74. The Morgan fingerprint density at radius 3 is 2.13 bits per heavy atom. The summed E-state index contributed by atoms with van der Waals surface area (Å²) in [6.07, 6.45) is 7.44. The summed E-state index contributed by atoms with van der Waals surface area (Å²) in [5.74, 6) is 0. The van der Waals surface area contributed by atoms with Crippen LogP contribution < -0.4 is 0 Å². The van der Waals surface area contributed by atoms with Crippen molar-refractivity contribution in [3.63, 3.8) is 0 Å². The lowest BCUT2D eigenvalue weighted by molar-refractivity contribution is 0.0906. The summed E-state index contributed by atoms with van der Waals surface area (Å²) in [6, 6.07) is 32.0. The van der Waals surface area contributed by atoms with Crippen LogP contribution in [0.25, 0.3) is 6.08 Å². The van der Waals surface area contributed by atoms with Crippen molar-refractivity contribution in [2.75, 3.05) is 13.2 Å². The first kappa shape index (κ1) is 22.7. The molecular weight excluding hydrogens is 378 g/mol. The fourth-order valence-electron chi connectivity index (χ4n) is 3.78. The molecule has 2 nitrogen and oxygen atoms in total. The summed E-state index contributed by atoms with van der Waals surface area (Å²) in [5.41, 5.74) is 3.73. The third kappa shape index (κ3) is 7.36. The molecule has 0 aliphatic heterocycles. The molecule has 0 aliphatic rings. The Bertz CT molecular complexity index is 905. The van der Waals surface area contributed by atoms with E-state index >= 15 is 0 Å². The van der Waals surface area contributed by atoms with E-state index in [2.05, 4.69) is 109 Å². The Morgan fingerprint density at radius 2 is 1.48 bits per heavy atom. The van der Waals surface area contributed by atoms with E-state index in [1.165, 1.54) is 16.7 Å². The van der Waals surface area contributed by atoms with Crippen molar-refractivity contribution in [2.45, 2.75) is 32.0 Å². The van der Waals surface area contributed by atoms with Gasteiger partial charge in [-0.15, -0.1) is 6.58 Å². The van der Waals surface area contributed by atoms with Gasteiger partial charge in [-0.2, -0.15) is 0 Å². The molecule has 0 heterocycles. The Hall–Kier alpha value is -2.94. The summed E-state index contributed by atoms with van der Waals surface area (Å²) in [5, 5.41) is 0. The molecule has 31 heavy (non-hydrogen) atoms. The van der Waals surface area contributed by atoms with Crippen molar-refractivity contribution < 1.29 is 4.74 Å². The highest BCUT2D eigenvalue weighted by molar-refractivity contribution is 5.49. The van der Waals surface area contributed by atoms with E-state index in [9.17, 15) is 0 Å². The quantitative estimate of drug-likeness (QED) is 0.237. The van der Waals surface area contributed by atoms with E-state index in [0.717, 1.165) is 13.0 Å². The van der Waals surface area contributed by atoms with Gasteiger partial charge in [-0.05, 0) is 30.0 Å². The molecule has 0 amide bonds. The highest BCUT2D eigenvalue weighted by Gasteiger charge is 2.21. The SMILES string of the molecule is C=CCN([C@H](/C=C/c1ccccc1)CCOCc1ccccc1)[C@H](C)c1ccccc1. The van der Waals surface area contributed by atoms with Gasteiger partial charge in [-0.1, -0.05) is 109 Å². The zero-order valence-corrected chi connectivity index (χ0v) is 18.4. The first-order chi connectivity index (χ1) is 15.3. The third-order valence-corrected chi connectivity index (χ3v) is 5.53. The molecule has 0 saturated heterocycles. The maximum absolute atomic E-state index is 6.03. The lowest BCUT2D eigenvalue weighted by atomic mass is 10.0. The monoisotopic (exact) mass is 411 g/mol. The molecule has 0 N–H and O–H groups in total. The molecule has 3 rings (SSSR count). The van der Waals surface area contributed by atoms with Gasteiger partial charge in [-0.3, -0.25) is 4.90 Å². The lowest BCUT2D eigenvalue weighted by Gasteiger charge is -2.34. The van der Waals surface area contributed by atoms with Crippen molar-refractivity contribution in [1.29, 1.82) is 0 Å². The predicted octanol–water partition coefficient (Wildman–Crippen LogP) is 6.92. The maximum atomic E-state index is 6.03. The summed E-state index contributed by atoms with van der Waals surface area (Å²) in [4.78, 5) is 2.49. The zero-order valence-electron chi connectivity index (χ0n) is 18.4. The van der Waals surface area contributed by atoms with E-state index in [1.807, 2.05) is 18.2 Å². The summed E-state index contributed by atoms with van der Waals surface area (Å²) in [7, 11) is 0. The number of rotatable bonds is 12. The second kappa shape index (κ2) is 12.7. The van der Waals surface area contributed by atoms with E-state index < -0.39 is 0 Å². The number of hydrogen-bond donors (Lipinski definition) is 0. The van der Waals surface area contributed by atoms with Gasteiger partial charge in [0.1, 0.15) is 0 Å². The van der Waals surface area contributed by atoms with Gasteiger partial charge < -0.3 is 4.74 Å². The molecule has 0 aromatic heterocycles. The topological polar surface area (TPSA) is 12.5 Å². The van der Waals surface area contributed by atoms with Crippen LogP contribution in [0.4, 0.5) is 0 Å². The van der Waals surface area contributed by atoms with E-state index in [1.54, 1.807) is 0 Å². The van der Waals surface area contributed by atoms with Crippen LogP contribution in [-0.4, -0.2) is 24.1 Å². The molecule has 0 unspecified atom stereocenters. The summed E-state index contributed by atoms with van der Waals surface area (Å²) < 4.78 is 6.03. The minimum absolute atomic E-state index is 0.240. The minimum Gasteiger partial charge on any atom is -0.377 e. The first-order valence-corrected chi connectivity index (χ1v) is 11.0. The number of nitrogens with zero attached hydrogens (tertiary/aromatic N) is 1. The van der Waals surface area contributed by atoms with E-state index in [4.69, 9.17) is 4.74 Å². The molecule has 3 aromatic rings. The molecule has 3 aromatic carbocycles. The highest BCUT2D eigenvalue weighted by Crippen LogP contribution is 2.25. The normalized spacial score (nSPS) is 13.4. The predicted molar refractivity (Wildman–Crippen MR) is 132 cm³/mol. The van der Waals surface area contributed by atoms with Crippen molar-refractivity contribution >= 4 is 6.08 Å².